The second-order valence-electron chi connectivity index (χ2n) is 17.4. The van der Waals surface area contributed by atoms with E-state index in [1.165, 1.54) is 5.56 Å². The van der Waals surface area contributed by atoms with Gasteiger partial charge in [0.25, 0.3) is 12.3 Å². The Labute approximate surface area is 346 Å². The number of benzene rings is 1. The number of anilines is 2. The summed E-state index contributed by atoms with van der Waals surface area (Å²) in [6, 6.07) is 10.6. The van der Waals surface area contributed by atoms with E-state index < -0.39 is 30.3 Å². The maximum absolute atomic E-state index is 13.9. The molecule has 6 aliphatic rings. The van der Waals surface area contributed by atoms with Gasteiger partial charge in [-0.3, -0.25) is 29.5 Å². The molecular weight excluding hydrogens is 775 g/mol. The molecule has 3 amide bonds. The van der Waals surface area contributed by atoms with Gasteiger partial charge in [-0.2, -0.15) is 0 Å². The van der Waals surface area contributed by atoms with Crippen molar-refractivity contribution in [2.75, 3.05) is 68.8 Å². The Balaban J connectivity index is 0.729. The van der Waals surface area contributed by atoms with Crippen LogP contribution in [0.25, 0.3) is 10.9 Å². The van der Waals surface area contributed by atoms with Crippen LogP contribution in [0.2, 0.25) is 0 Å². The topological polar surface area (TPSA) is 161 Å². The molecule has 0 unspecified atom stereocenters. The smallest absolute Gasteiger partial charge is 0.270 e. The first-order valence-corrected chi connectivity index (χ1v) is 21.2. The molecule has 4 fully saturated rings. The van der Waals surface area contributed by atoms with Crippen LogP contribution in [0.15, 0.2) is 48.8 Å². The number of piperazine rings is 1. The molecule has 0 radical (unpaired) electrons. The molecule has 1 aromatic carbocycles. The van der Waals surface area contributed by atoms with Crippen molar-refractivity contribution in [3.63, 3.8) is 0 Å². The van der Waals surface area contributed by atoms with Crippen LogP contribution in [0.1, 0.15) is 72.4 Å². The molecule has 17 heteroatoms. The molecule has 10 rings (SSSR count). The summed E-state index contributed by atoms with van der Waals surface area (Å²) < 4.78 is 40.5. The lowest BCUT2D eigenvalue weighted by Gasteiger charge is -2.45. The number of amides is 3. The van der Waals surface area contributed by atoms with Gasteiger partial charge in [-0.25, -0.2) is 23.7 Å². The highest BCUT2D eigenvalue weighted by Crippen LogP contribution is 2.43. The van der Waals surface area contributed by atoms with Gasteiger partial charge in [0.15, 0.2) is 0 Å². The predicted molar refractivity (Wildman–Crippen MR) is 217 cm³/mol. The summed E-state index contributed by atoms with van der Waals surface area (Å²) in [6.07, 6.45) is 5.09. The Morgan fingerprint density at radius 1 is 1.05 bits per heavy atom. The second kappa shape index (κ2) is 15.6. The number of imide groups is 1. The Kier molecular flexibility index (Phi) is 10.1. The fourth-order valence-corrected chi connectivity index (χ4v) is 10.5. The van der Waals surface area contributed by atoms with E-state index in [1.54, 1.807) is 6.07 Å². The number of H-pyrrole nitrogens is 1. The summed E-state index contributed by atoms with van der Waals surface area (Å²) in [5, 5.41) is 6.08. The van der Waals surface area contributed by atoms with Crippen molar-refractivity contribution in [1.82, 2.24) is 40.4 Å². The van der Waals surface area contributed by atoms with Crippen LogP contribution >= 0.6 is 0 Å². The molecule has 1 spiro atoms. The molecule has 9 heterocycles. The van der Waals surface area contributed by atoms with E-state index in [0.29, 0.717) is 30.8 Å². The molecule has 0 aliphatic carbocycles. The maximum Gasteiger partial charge on any atom is 0.270 e. The number of carbonyl (C=O) groups is 3. The minimum Gasteiger partial charge on any atom is -0.474 e. The summed E-state index contributed by atoms with van der Waals surface area (Å²) in [4.78, 5) is 63.1. The summed E-state index contributed by atoms with van der Waals surface area (Å²) >= 11 is 0. The van der Waals surface area contributed by atoms with Crippen molar-refractivity contribution in [3.05, 3.63) is 71.3 Å². The van der Waals surface area contributed by atoms with Crippen molar-refractivity contribution in [1.29, 1.82) is 0 Å². The van der Waals surface area contributed by atoms with Crippen LogP contribution in [0.5, 0.6) is 5.88 Å². The minimum absolute atomic E-state index is 0.0711. The number of para-hydroxylation sites is 1. The normalized spacial score (nSPS) is 26.8. The lowest BCUT2D eigenvalue weighted by atomic mass is 9.85. The molecule has 0 saturated carbocycles. The lowest BCUT2D eigenvalue weighted by molar-refractivity contribution is -0.134. The number of aromatic amines is 1. The van der Waals surface area contributed by atoms with E-state index >= 15 is 0 Å². The molecule has 3 aromatic heterocycles. The fraction of sp³-hybridized carbons (Fsp3) is 0.535. The van der Waals surface area contributed by atoms with Crippen LogP contribution < -0.4 is 25.2 Å². The van der Waals surface area contributed by atoms with E-state index in [4.69, 9.17) is 19.4 Å². The number of carbonyl (C=O) groups excluding carboxylic acids is 3. The molecule has 15 nitrogen and oxygen atoms in total. The number of alkyl halides is 2. The zero-order chi connectivity index (χ0) is 41.1. The zero-order valence-corrected chi connectivity index (χ0v) is 33.6. The number of hydrogen-bond acceptors (Lipinski definition) is 12. The number of aromatic nitrogens is 4. The van der Waals surface area contributed by atoms with Gasteiger partial charge < -0.3 is 29.6 Å². The highest BCUT2D eigenvalue weighted by molar-refractivity contribution is 6.03. The number of hydrogen-bond donors (Lipinski definition) is 3. The molecule has 0 bridgehead atoms. The van der Waals surface area contributed by atoms with Crippen molar-refractivity contribution in [3.8, 4) is 5.88 Å². The van der Waals surface area contributed by atoms with Gasteiger partial charge in [-0.05, 0) is 68.7 Å². The molecule has 60 heavy (non-hydrogen) atoms. The third-order valence-electron chi connectivity index (χ3n) is 13.5. The van der Waals surface area contributed by atoms with Crippen molar-refractivity contribution >= 4 is 40.3 Å². The molecule has 6 aliphatic heterocycles. The van der Waals surface area contributed by atoms with Crippen LogP contribution in [0.4, 0.5) is 20.4 Å². The van der Waals surface area contributed by atoms with Crippen LogP contribution in [-0.4, -0.2) is 137 Å². The van der Waals surface area contributed by atoms with Gasteiger partial charge in [0, 0.05) is 86.3 Å². The van der Waals surface area contributed by atoms with Gasteiger partial charge in [0.2, 0.25) is 23.6 Å². The highest BCUT2D eigenvalue weighted by Gasteiger charge is 2.45. The van der Waals surface area contributed by atoms with Gasteiger partial charge in [-0.1, -0.05) is 18.2 Å². The number of fused-ring (bicyclic) bond motifs is 6. The van der Waals surface area contributed by atoms with Crippen LogP contribution in [-0.2, 0) is 20.7 Å². The van der Waals surface area contributed by atoms with E-state index in [2.05, 4.69) is 41.4 Å². The average Bonchev–Trinajstić information content (AvgIpc) is 3.82. The van der Waals surface area contributed by atoms with Gasteiger partial charge >= 0.3 is 0 Å². The number of pyridine rings is 1. The van der Waals surface area contributed by atoms with Crippen LogP contribution in [0, 0.1) is 5.92 Å². The Bertz CT molecular complexity index is 2280. The Morgan fingerprint density at radius 3 is 2.67 bits per heavy atom. The zero-order valence-electron chi connectivity index (χ0n) is 33.6. The number of piperidine rings is 2. The minimum atomic E-state index is -2.46. The number of nitrogens with zero attached hydrogens (tertiary/aromatic N) is 7. The quantitative estimate of drug-likeness (QED) is 0.223. The Hall–Kier alpha value is -5.26. The predicted octanol–water partition coefficient (Wildman–Crippen LogP) is 3.45. The second-order valence-corrected chi connectivity index (χ2v) is 17.4. The molecule has 4 aromatic rings. The number of nitrogens with one attached hydrogen (secondary N) is 3. The first-order valence-electron chi connectivity index (χ1n) is 21.2. The Morgan fingerprint density at radius 2 is 1.87 bits per heavy atom. The van der Waals surface area contributed by atoms with Crippen molar-refractivity contribution in [2.45, 2.75) is 81.6 Å². The highest BCUT2D eigenvalue weighted by atomic mass is 19.3. The molecular formula is C43H50F2N10O5. The van der Waals surface area contributed by atoms with E-state index in [9.17, 15) is 23.2 Å². The number of ether oxygens (including phenoxy) is 2. The molecule has 316 valence electrons. The third-order valence-corrected chi connectivity index (χ3v) is 13.5. The summed E-state index contributed by atoms with van der Waals surface area (Å²) in [7, 11) is 0. The number of rotatable bonds is 8. The van der Waals surface area contributed by atoms with Crippen molar-refractivity contribution in [2.24, 2.45) is 5.92 Å². The molecule has 4 saturated heterocycles. The first kappa shape index (κ1) is 38.9. The summed E-state index contributed by atoms with van der Waals surface area (Å²) in [5.74, 6) is 0.161. The van der Waals surface area contributed by atoms with E-state index in [0.717, 1.165) is 93.0 Å². The average molecular weight is 825 g/mol. The van der Waals surface area contributed by atoms with Gasteiger partial charge in [-0.15, -0.1) is 0 Å². The summed E-state index contributed by atoms with van der Waals surface area (Å²) in [5.41, 5.74) is 4.80. The molecule has 5 atom stereocenters. The lowest BCUT2D eigenvalue weighted by Crippen LogP contribution is -2.58. The van der Waals surface area contributed by atoms with Gasteiger partial charge in [0.1, 0.15) is 24.0 Å². The van der Waals surface area contributed by atoms with Crippen molar-refractivity contribution < 1.29 is 32.6 Å². The summed E-state index contributed by atoms with van der Waals surface area (Å²) in [6.45, 7) is 7.94. The van der Waals surface area contributed by atoms with E-state index in [-0.39, 0.29) is 48.7 Å². The van der Waals surface area contributed by atoms with Gasteiger partial charge in [0.05, 0.1) is 30.8 Å². The largest absolute Gasteiger partial charge is 0.474 e. The first-order chi connectivity index (χ1) is 29.1. The third kappa shape index (κ3) is 7.33. The number of halogens is 2. The fourth-order valence-electron chi connectivity index (χ4n) is 10.5. The van der Waals surface area contributed by atoms with Crippen LogP contribution in [0.3, 0.4) is 0 Å². The monoisotopic (exact) mass is 824 g/mol. The van der Waals surface area contributed by atoms with E-state index in [1.807, 2.05) is 48.5 Å². The maximum atomic E-state index is 13.9. The SMILES string of the molecule is C[C@@H]1Cc2c([nH]c3ccccc23)[C@H](c2cnc(N3CCC4(CC3)C[C@@H](CN3CCN5c6ccc(C(=O)N[C@H]7CCC(=O)NC7=O)nc6OC[C@H]5C3)CO4)nc2)N1CC(F)F. The standard InChI is InChI=1S/C43H50F2N10O5/c1-25-16-30-29-4-2-3-5-31(29)48-37(30)38(55(25)22-35(44)45)27-18-46-42(47-19-27)53-12-10-43(11-13-53)17-26(23-60-43)20-52-14-15-54-28(21-52)24-59-41-34(54)8-6-33(50-41)39(57)49-32-7-9-36(56)51-40(32)58/h2-6,8,18-19,25-26,28,32,35,38,48H,7,9-17,20-24H2,1H3,(H,49,57)(H,51,56,58)/t25-,26+,28-,32+,38+/m1/s1. The molecule has 3 N–H and O–H groups in total.